The third-order valence-corrected chi connectivity index (χ3v) is 4.35. The van der Waals surface area contributed by atoms with Crippen LogP contribution in [0.3, 0.4) is 0 Å². The summed E-state index contributed by atoms with van der Waals surface area (Å²) in [5, 5.41) is 3.46. The monoisotopic (exact) mass is 293 g/mol. The fourth-order valence-electron chi connectivity index (χ4n) is 2.62. The highest BCUT2D eigenvalue weighted by molar-refractivity contribution is 5.76. The summed E-state index contributed by atoms with van der Waals surface area (Å²) >= 11 is 0. The highest BCUT2D eigenvalue weighted by atomic mass is 19.1. The van der Waals surface area contributed by atoms with Crippen LogP contribution in [-0.2, 0) is 9.53 Å². The summed E-state index contributed by atoms with van der Waals surface area (Å²) in [6, 6.07) is 6.32. The normalized spacial score (nSPS) is 18.9. The number of carbonyl (C=O) groups is 1. The molecule has 3 nitrogen and oxygen atoms in total. The third kappa shape index (κ3) is 4.03. The zero-order valence-corrected chi connectivity index (χ0v) is 12.9. The second-order valence-corrected chi connectivity index (χ2v) is 5.92. The van der Waals surface area contributed by atoms with Gasteiger partial charge in [0.2, 0.25) is 0 Å². The van der Waals surface area contributed by atoms with Gasteiger partial charge in [0.1, 0.15) is 11.9 Å². The van der Waals surface area contributed by atoms with Crippen LogP contribution < -0.4 is 5.32 Å². The van der Waals surface area contributed by atoms with Gasteiger partial charge in [-0.1, -0.05) is 32.4 Å². The number of esters is 1. The Morgan fingerprint density at radius 1 is 1.38 bits per heavy atom. The van der Waals surface area contributed by atoms with Crippen LogP contribution in [0.15, 0.2) is 24.3 Å². The smallest absolute Gasteiger partial charge is 0.323 e. The Balaban J connectivity index is 2.17. The molecule has 116 valence electrons. The Hall–Kier alpha value is -1.42. The van der Waals surface area contributed by atoms with Crippen molar-refractivity contribution in [3.8, 4) is 0 Å². The maximum absolute atomic E-state index is 13.1. The lowest BCUT2D eigenvalue weighted by molar-refractivity contribution is -0.144. The van der Waals surface area contributed by atoms with E-state index in [1.807, 2.05) is 6.92 Å². The van der Waals surface area contributed by atoms with Gasteiger partial charge in [-0.05, 0) is 42.4 Å². The molecule has 1 aliphatic carbocycles. The van der Waals surface area contributed by atoms with E-state index in [0.717, 1.165) is 24.8 Å². The van der Waals surface area contributed by atoms with Gasteiger partial charge in [0.15, 0.2) is 0 Å². The molecule has 2 rings (SSSR count). The number of nitrogens with one attached hydrogen (secondary N) is 1. The molecule has 4 heteroatoms. The van der Waals surface area contributed by atoms with Crippen molar-refractivity contribution in [2.45, 2.75) is 45.2 Å². The number of hydrogen-bond acceptors (Lipinski definition) is 3. The summed E-state index contributed by atoms with van der Waals surface area (Å²) in [5.41, 5.74) is 1.04. The summed E-state index contributed by atoms with van der Waals surface area (Å²) < 4.78 is 18.0. The van der Waals surface area contributed by atoms with Crippen LogP contribution >= 0.6 is 0 Å². The van der Waals surface area contributed by atoms with Gasteiger partial charge in [0.25, 0.3) is 0 Å². The van der Waals surface area contributed by atoms with E-state index in [1.165, 1.54) is 19.2 Å². The summed E-state index contributed by atoms with van der Waals surface area (Å²) in [7, 11) is 1.42. The minimum absolute atomic E-state index is 0.0868. The molecule has 21 heavy (non-hydrogen) atoms. The van der Waals surface area contributed by atoms with Crippen molar-refractivity contribution in [2.75, 3.05) is 7.11 Å². The lowest BCUT2D eigenvalue weighted by Gasteiger charge is -2.28. The second-order valence-electron chi connectivity index (χ2n) is 5.92. The zero-order valence-electron chi connectivity index (χ0n) is 12.9. The van der Waals surface area contributed by atoms with E-state index in [2.05, 4.69) is 12.2 Å². The van der Waals surface area contributed by atoms with Crippen molar-refractivity contribution >= 4 is 5.97 Å². The predicted molar refractivity (Wildman–Crippen MR) is 80.3 cm³/mol. The fraction of sp³-hybridized carbons (Fsp3) is 0.588. The SMILES string of the molecule is CCC(C)C(NC(c1ccc(F)cc1)C1CC1)C(=O)OC. The molecule has 0 spiro atoms. The molecule has 3 atom stereocenters. The number of hydrogen-bond donors (Lipinski definition) is 1. The minimum atomic E-state index is -0.323. The van der Waals surface area contributed by atoms with E-state index in [9.17, 15) is 9.18 Å². The summed E-state index contributed by atoms with van der Waals surface area (Å²) in [4.78, 5) is 12.0. The van der Waals surface area contributed by atoms with Crippen molar-refractivity contribution < 1.29 is 13.9 Å². The third-order valence-electron chi connectivity index (χ3n) is 4.35. The highest BCUT2D eigenvalue weighted by Gasteiger charge is 2.36. The molecule has 1 N–H and O–H groups in total. The number of rotatable bonds is 7. The van der Waals surface area contributed by atoms with E-state index in [1.54, 1.807) is 12.1 Å². The van der Waals surface area contributed by atoms with Crippen LogP contribution in [0.4, 0.5) is 4.39 Å². The highest BCUT2D eigenvalue weighted by Crippen LogP contribution is 2.41. The lowest BCUT2D eigenvalue weighted by Crippen LogP contribution is -2.45. The maximum atomic E-state index is 13.1. The number of benzene rings is 1. The largest absolute Gasteiger partial charge is 0.468 e. The van der Waals surface area contributed by atoms with Crippen molar-refractivity contribution in [1.82, 2.24) is 5.32 Å². The molecular formula is C17H24FNO2. The Kier molecular flexibility index (Phi) is 5.34. The molecule has 0 aromatic heterocycles. The van der Waals surface area contributed by atoms with Crippen LogP contribution in [0, 0.1) is 17.7 Å². The molecule has 0 heterocycles. The first-order valence-electron chi connectivity index (χ1n) is 7.66. The molecule has 0 bridgehead atoms. The number of methoxy groups -OCH3 is 1. The summed E-state index contributed by atoms with van der Waals surface area (Å²) in [5.74, 6) is 0.252. The standard InChI is InChI=1S/C17H24FNO2/c1-4-11(2)15(17(20)21-3)19-16(12-5-6-12)13-7-9-14(18)10-8-13/h7-12,15-16,19H,4-6H2,1-3H3. The van der Waals surface area contributed by atoms with Crippen molar-refractivity contribution in [3.63, 3.8) is 0 Å². The van der Waals surface area contributed by atoms with E-state index in [0.29, 0.717) is 5.92 Å². The first-order valence-corrected chi connectivity index (χ1v) is 7.66. The van der Waals surface area contributed by atoms with Gasteiger partial charge in [0.05, 0.1) is 7.11 Å². The van der Waals surface area contributed by atoms with Crippen LogP contribution in [0.5, 0.6) is 0 Å². The Morgan fingerprint density at radius 3 is 2.48 bits per heavy atom. The maximum Gasteiger partial charge on any atom is 0.323 e. The molecule has 0 amide bonds. The van der Waals surface area contributed by atoms with Gasteiger partial charge in [0, 0.05) is 6.04 Å². The molecule has 1 aromatic carbocycles. The van der Waals surface area contributed by atoms with Crippen molar-refractivity contribution in [1.29, 1.82) is 0 Å². The Labute approximate surface area is 125 Å². The van der Waals surface area contributed by atoms with E-state index >= 15 is 0 Å². The number of carbonyl (C=O) groups excluding carboxylic acids is 1. The van der Waals surface area contributed by atoms with E-state index in [-0.39, 0.29) is 29.8 Å². The molecule has 1 saturated carbocycles. The van der Waals surface area contributed by atoms with Crippen LogP contribution in [-0.4, -0.2) is 19.1 Å². The van der Waals surface area contributed by atoms with Crippen molar-refractivity contribution in [2.24, 2.45) is 11.8 Å². The molecular weight excluding hydrogens is 269 g/mol. The molecule has 3 unspecified atom stereocenters. The molecule has 0 saturated heterocycles. The van der Waals surface area contributed by atoms with E-state index in [4.69, 9.17) is 4.74 Å². The first kappa shape index (κ1) is 16.0. The van der Waals surface area contributed by atoms with Gasteiger partial charge >= 0.3 is 5.97 Å². The number of ether oxygens (including phenoxy) is 1. The molecule has 1 aliphatic rings. The Morgan fingerprint density at radius 2 is 2.00 bits per heavy atom. The summed E-state index contributed by atoms with van der Waals surface area (Å²) in [6.45, 7) is 4.11. The minimum Gasteiger partial charge on any atom is -0.468 e. The van der Waals surface area contributed by atoms with Gasteiger partial charge in [-0.15, -0.1) is 0 Å². The van der Waals surface area contributed by atoms with Gasteiger partial charge < -0.3 is 4.74 Å². The quantitative estimate of drug-likeness (QED) is 0.782. The van der Waals surface area contributed by atoms with Gasteiger partial charge in [-0.2, -0.15) is 0 Å². The molecule has 0 radical (unpaired) electrons. The average Bonchev–Trinajstić information content (AvgIpc) is 3.33. The van der Waals surface area contributed by atoms with Gasteiger partial charge in [-0.25, -0.2) is 4.39 Å². The fourth-order valence-corrected chi connectivity index (χ4v) is 2.62. The van der Waals surface area contributed by atoms with Gasteiger partial charge in [-0.3, -0.25) is 10.1 Å². The molecule has 1 aromatic rings. The summed E-state index contributed by atoms with van der Waals surface area (Å²) in [6.07, 6.45) is 3.18. The Bertz CT molecular complexity index is 470. The van der Waals surface area contributed by atoms with E-state index < -0.39 is 0 Å². The van der Waals surface area contributed by atoms with Crippen LogP contribution in [0.2, 0.25) is 0 Å². The molecule has 1 fully saturated rings. The average molecular weight is 293 g/mol. The first-order chi connectivity index (χ1) is 10.1. The predicted octanol–water partition coefficient (Wildman–Crippen LogP) is 3.45. The lowest BCUT2D eigenvalue weighted by atomic mass is 9.95. The van der Waals surface area contributed by atoms with Crippen molar-refractivity contribution in [3.05, 3.63) is 35.6 Å². The topological polar surface area (TPSA) is 38.3 Å². The number of halogens is 1. The van der Waals surface area contributed by atoms with Crippen LogP contribution in [0.1, 0.15) is 44.7 Å². The molecule has 0 aliphatic heterocycles. The zero-order chi connectivity index (χ0) is 15.4. The van der Waals surface area contributed by atoms with Crippen LogP contribution in [0.25, 0.3) is 0 Å². The second kappa shape index (κ2) is 7.03.